The molecule has 1 aromatic heterocycles. The Balaban J connectivity index is 2.73. The molecule has 1 unspecified atom stereocenters. The Labute approximate surface area is 96.2 Å². The number of amides is 1. The zero-order valence-electron chi connectivity index (χ0n) is 9.30. The van der Waals surface area contributed by atoms with Gasteiger partial charge in [0.25, 0.3) is 0 Å². The molecule has 0 saturated carbocycles. The summed E-state index contributed by atoms with van der Waals surface area (Å²) in [5.74, 6) is -0.339. The quantitative estimate of drug-likeness (QED) is 0.853. The normalized spacial score (nSPS) is 13.2. The van der Waals surface area contributed by atoms with Crippen molar-refractivity contribution in [2.45, 2.75) is 19.1 Å². The van der Waals surface area contributed by atoms with E-state index < -0.39 is 17.9 Å². The number of pyridine rings is 1. The van der Waals surface area contributed by atoms with Crippen LogP contribution in [0.3, 0.4) is 0 Å². The van der Waals surface area contributed by atoms with Crippen LogP contribution >= 0.6 is 0 Å². The highest BCUT2D eigenvalue weighted by Gasteiger charge is 2.32. The Morgan fingerprint density at radius 3 is 2.47 bits per heavy atom. The molecule has 0 bridgehead atoms. The summed E-state index contributed by atoms with van der Waals surface area (Å²) in [4.78, 5) is 14.6. The minimum absolute atomic E-state index is 0.227. The summed E-state index contributed by atoms with van der Waals surface area (Å²) in [6.45, 7) is 1.63. The maximum absolute atomic E-state index is 12.2. The fourth-order valence-electron chi connectivity index (χ4n) is 1.02. The van der Waals surface area contributed by atoms with Crippen molar-refractivity contribution in [3.05, 3.63) is 24.0 Å². The van der Waals surface area contributed by atoms with Gasteiger partial charge in [-0.2, -0.15) is 13.2 Å². The van der Waals surface area contributed by atoms with Crippen LogP contribution in [0, 0.1) is 0 Å². The van der Waals surface area contributed by atoms with Crippen molar-refractivity contribution in [3.8, 4) is 0 Å². The number of nitrogens with zero attached hydrogens (tertiary/aromatic N) is 1. The van der Waals surface area contributed by atoms with Crippen LogP contribution < -0.4 is 10.6 Å². The topological polar surface area (TPSA) is 54.0 Å². The zero-order valence-corrected chi connectivity index (χ0v) is 9.30. The van der Waals surface area contributed by atoms with Crippen molar-refractivity contribution in [2.24, 2.45) is 0 Å². The molecule has 94 valence electrons. The number of carbonyl (C=O) groups is 1. The molecule has 1 rings (SSSR count). The van der Waals surface area contributed by atoms with Gasteiger partial charge in [0, 0.05) is 0 Å². The van der Waals surface area contributed by atoms with Crippen molar-refractivity contribution < 1.29 is 18.0 Å². The van der Waals surface area contributed by atoms with E-state index >= 15 is 0 Å². The van der Waals surface area contributed by atoms with Crippen LogP contribution in [0.2, 0.25) is 0 Å². The largest absolute Gasteiger partial charge is 0.433 e. The smallest absolute Gasteiger partial charge is 0.323 e. The van der Waals surface area contributed by atoms with Crippen LogP contribution in [0.4, 0.5) is 18.9 Å². The number of carbonyl (C=O) groups excluding carboxylic acids is 1. The first-order chi connectivity index (χ1) is 7.84. The van der Waals surface area contributed by atoms with Crippen molar-refractivity contribution in [1.29, 1.82) is 0 Å². The van der Waals surface area contributed by atoms with Gasteiger partial charge in [-0.3, -0.25) is 4.79 Å². The molecule has 0 aliphatic heterocycles. The third-order valence-electron chi connectivity index (χ3n) is 2.15. The van der Waals surface area contributed by atoms with Gasteiger partial charge in [-0.1, -0.05) is 0 Å². The first kappa shape index (κ1) is 13.4. The van der Waals surface area contributed by atoms with Gasteiger partial charge in [0.2, 0.25) is 5.91 Å². The van der Waals surface area contributed by atoms with Crippen LogP contribution in [0.5, 0.6) is 0 Å². The second-order valence-corrected chi connectivity index (χ2v) is 3.43. The molecule has 0 aliphatic carbocycles. The molecule has 17 heavy (non-hydrogen) atoms. The molecule has 0 saturated heterocycles. The third kappa shape index (κ3) is 3.70. The lowest BCUT2D eigenvalue weighted by molar-refractivity contribution is -0.141. The molecular formula is C10H12F3N3O. The Morgan fingerprint density at radius 2 is 2.06 bits per heavy atom. The van der Waals surface area contributed by atoms with Gasteiger partial charge in [0.1, 0.15) is 5.69 Å². The molecule has 2 N–H and O–H groups in total. The third-order valence-corrected chi connectivity index (χ3v) is 2.15. The number of anilines is 1. The van der Waals surface area contributed by atoms with E-state index in [0.29, 0.717) is 0 Å². The molecule has 1 atom stereocenters. The highest BCUT2D eigenvalue weighted by molar-refractivity contribution is 5.94. The van der Waals surface area contributed by atoms with Gasteiger partial charge in [0.05, 0.1) is 17.9 Å². The first-order valence-electron chi connectivity index (χ1n) is 4.86. The lowest BCUT2D eigenvalue weighted by Gasteiger charge is -2.11. The summed E-state index contributed by atoms with van der Waals surface area (Å²) >= 11 is 0. The molecule has 1 aromatic rings. The van der Waals surface area contributed by atoms with E-state index in [9.17, 15) is 18.0 Å². The monoisotopic (exact) mass is 247 g/mol. The Bertz CT molecular complexity index is 389. The predicted octanol–water partition coefficient (Wildman–Crippen LogP) is 1.65. The Morgan fingerprint density at radius 1 is 1.41 bits per heavy atom. The molecule has 0 fully saturated rings. The van der Waals surface area contributed by atoms with Gasteiger partial charge in [0.15, 0.2) is 0 Å². The van der Waals surface area contributed by atoms with Gasteiger partial charge in [-0.25, -0.2) is 4.98 Å². The molecular weight excluding hydrogens is 235 g/mol. The number of likely N-dealkylation sites (N-methyl/N-ethyl adjacent to an activating group) is 1. The number of hydrogen-bond donors (Lipinski definition) is 2. The molecule has 1 heterocycles. The molecule has 0 aromatic carbocycles. The average molecular weight is 247 g/mol. The average Bonchev–Trinajstić information content (AvgIpc) is 2.27. The van der Waals surface area contributed by atoms with Gasteiger partial charge < -0.3 is 10.6 Å². The van der Waals surface area contributed by atoms with E-state index in [0.717, 1.165) is 18.3 Å². The van der Waals surface area contributed by atoms with E-state index in [2.05, 4.69) is 15.6 Å². The minimum Gasteiger partial charge on any atom is -0.323 e. The van der Waals surface area contributed by atoms with Crippen molar-refractivity contribution in [1.82, 2.24) is 10.3 Å². The van der Waals surface area contributed by atoms with Gasteiger partial charge in [-0.15, -0.1) is 0 Å². The summed E-state index contributed by atoms with van der Waals surface area (Å²) in [6, 6.07) is 1.55. The van der Waals surface area contributed by atoms with Crippen molar-refractivity contribution >= 4 is 11.6 Å². The van der Waals surface area contributed by atoms with E-state index in [1.54, 1.807) is 14.0 Å². The van der Waals surface area contributed by atoms with E-state index in [1.807, 2.05) is 0 Å². The fourth-order valence-corrected chi connectivity index (χ4v) is 1.02. The molecule has 0 radical (unpaired) electrons. The number of hydrogen-bond acceptors (Lipinski definition) is 3. The van der Waals surface area contributed by atoms with E-state index in [4.69, 9.17) is 0 Å². The van der Waals surface area contributed by atoms with Gasteiger partial charge >= 0.3 is 6.18 Å². The Kier molecular flexibility index (Phi) is 4.06. The van der Waals surface area contributed by atoms with Crippen molar-refractivity contribution in [2.75, 3.05) is 12.4 Å². The highest BCUT2D eigenvalue weighted by Crippen LogP contribution is 2.27. The molecule has 1 amide bonds. The lowest BCUT2D eigenvalue weighted by Crippen LogP contribution is -2.35. The molecule has 7 heteroatoms. The van der Waals surface area contributed by atoms with E-state index in [-0.39, 0.29) is 11.6 Å². The first-order valence-corrected chi connectivity index (χ1v) is 4.86. The fraction of sp³-hybridized carbons (Fsp3) is 0.400. The van der Waals surface area contributed by atoms with Crippen LogP contribution in [0.25, 0.3) is 0 Å². The second-order valence-electron chi connectivity index (χ2n) is 3.43. The molecule has 4 nitrogen and oxygen atoms in total. The molecule has 0 aliphatic rings. The predicted molar refractivity (Wildman–Crippen MR) is 56.4 cm³/mol. The van der Waals surface area contributed by atoms with Gasteiger partial charge in [-0.05, 0) is 26.1 Å². The number of halogens is 3. The maximum atomic E-state index is 12.2. The summed E-state index contributed by atoms with van der Waals surface area (Å²) in [7, 11) is 1.61. The lowest BCUT2D eigenvalue weighted by atomic mass is 10.3. The summed E-state index contributed by atoms with van der Waals surface area (Å²) < 4.78 is 36.6. The van der Waals surface area contributed by atoms with E-state index in [1.165, 1.54) is 0 Å². The minimum atomic E-state index is -4.47. The van der Waals surface area contributed by atoms with Crippen LogP contribution in [0.1, 0.15) is 12.6 Å². The van der Waals surface area contributed by atoms with Crippen LogP contribution in [0.15, 0.2) is 18.3 Å². The number of alkyl halides is 3. The standard InChI is InChI=1S/C10H12F3N3O/c1-6(14-2)9(17)16-7-3-4-8(15-5-7)10(11,12)13/h3-6,14H,1-2H3,(H,16,17). The Hall–Kier alpha value is -1.63. The summed E-state index contributed by atoms with van der Waals surface area (Å²) in [5.41, 5.74) is -0.762. The second kappa shape index (κ2) is 5.13. The van der Waals surface area contributed by atoms with Crippen LogP contribution in [-0.2, 0) is 11.0 Å². The number of rotatable bonds is 3. The summed E-state index contributed by atoms with van der Waals surface area (Å²) in [5, 5.41) is 5.15. The van der Waals surface area contributed by atoms with Crippen molar-refractivity contribution in [3.63, 3.8) is 0 Å². The number of aromatic nitrogens is 1. The maximum Gasteiger partial charge on any atom is 0.433 e. The summed E-state index contributed by atoms with van der Waals surface area (Å²) in [6.07, 6.45) is -3.50. The highest BCUT2D eigenvalue weighted by atomic mass is 19.4. The molecule has 0 spiro atoms. The zero-order chi connectivity index (χ0) is 13.1. The number of nitrogens with one attached hydrogen (secondary N) is 2. The van der Waals surface area contributed by atoms with Crippen LogP contribution in [-0.4, -0.2) is 24.0 Å². The SMILES string of the molecule is CNC(C)C(=O)Nc1ccc(C(F)(F)F)nc1.